The Bertz CT molecular complexity index is 1440. The van der Waals surface area contributed by atoms with Gasteiger partial charge in [-0.1, -0.05) is 62.4 Å². The zero-order valence-electron chi connectivity index (χ0n) is 23.1. The number of carbonyl (C=O) groups excluding carboxylic acids is 1. The molecule has 0 bridgehead atoms. The van der Waals surface area contributed by atoms with Gasteiger partial charge in [-0.05, 0) is 63.9 Å². The number of ether oxygens (including phenoxy) is 3. The Morgan fingerprint density at radius 1 is 0.951 bits per heavy atom. The van der Waals surface area contributed by atoms with E-state index in [9.17, 15) is 18.0 Å². The zero-order chi connectivity index (χ0) is 30.0. The van der Waals surface area contributed by atoms with E-state index >= 15 is 4.39 Å². The van der Waals surface area contributed by atoms with Crippen LogP contribution in [-0.2, 0) is 28.0 Å². The second-order valence-corrected chi connectivity index (χ2v) is 10.9. The van der Waals surface area contributed by atoms with Gasteiger partial charge in [0.2, 0.25) is 0 Å². The number of hydrogen-bond acceptors (Lipinski definition) is 4. The molecule has 1 aliphatic rings. The average Bonchev–Trinajstić information content (AvgIpc) is 3.53. The Hall–Kier alpha value is -3.52. The van der Waals surface area contributed by atoms with Crippen molar-refractivity contribution in [3.05, 3.63) is 101 Å². The number of carbonyl (C=O) groups is 1. The highest BCUT2D eigenvalue weighted by molar-refractivity contribution is 6.18. The number of rotatable bonds is 10. The van der Waals surface area contributed by atoms with Crippen LogP contribution in [0.25, 0.3) is 6.08 Å². The molecule has 0 aromatic heterocycles. The predicted octanol–water partition coefficient (Wildman–Crippen LogP) is 8.20. The van der Waals surface area contributed by atoms with E-state index in [1.54, 1.807) is 60.7 Å². The molecule has 3 aromatic carbocycles. The molecule has 0 radical (unpaired) electrons. The minimum atomic E-state index is -4.52. The molecule has 4 rings (SSSR count). The average molecular weight is 591 g/mol. The molecule has 0 amide bonds. The fourth-order valence-electron chi connectivity index (χ4n) is 5.09. The first-order valence-electron chi connectivity index (χ1n) is 12.9. The summed E-state index contributed by atoms with van der Waals surface area (Å²) < 4.78 is 71.4. The van der Waals surface area contributed by atoms with Crippen LogP contribution in [0.4, 0.5) is 17.6 Å². The van der Waals surface area contributed by atoms with Gasteiger partial charge in [0.25, 0.3) is 0 Å². The van der Waals surface area contributed by atoms with Gasteiger partial charge in [-0.15, -0.1) is 11.6 Å². The van der Waals surface area contributed by atoms with Crippen molar-refractivity contribution in [2.24, 2.45) is 17.3 Å². The van der Waals surface area contributed by atoms with Gasteiger partial charge in [-0.3, -0.25) is 4.79 Å². The van der Waals surface area contributed by atoms with E-state index in [1.165, 1.54) is 26.4 Å². The van der Waals surface area contributed by atoms with E-state index < -0.39 is 34.7 Å². The van der Waals surface area contributed by atoms with Crippen molar-refractivity contribution in [3.63, 3.8) is 0 Å². The van der Waals surface area contributed by atoms with Gasteiger partial charge in [-0.25, -0.2) is 4.39 Å². The standard InChI is InChI=1S/C32H31ClF4O4/c1-30(2)26(14-12-20-11-13-25(32(35,36)37)27(16-20)40-4)28(30)29(38)41-18-21-7-5-8-22(15-21)31(34,19-33)23-9-6-10-24(17-23)39-3/h5-17,26,28H,18-19H2,1-4H3. The van der Waals surface area contributed by atoms with Gasteiger partial charge >= 0.3 is 12.1 Å². The molecule has 0 aliphatic heterocycles. The molecule has 0 heterocycles. The SMILES string of the molecule is COc1cccc(C(F)(CCl)c2cccc(COC(=O)C3C(C=Cc4ccc(C(F)(F)F)c(OC)c4)C3(C)C)c2)c1. The number of allylic oxidation sites excluding steroid dienone is 1. The second-order valence-electron chi connectivity index (χ2n) is 10.6. The number of halogens is 5. The van der Waals surface area contributed by atoms with E-state index in [2.05, 4.69) is 0 Å². The molecule has 3 aromatic rings. The number of methoxy groups -OCH3 is 2. The van der Waals surface area contributed by atoms with Crippen molar-refractivity contribution in [2.75, 3.05) is 20.1 Å². The van der Waals surface area contributed by atoms with Crippen LogP contribution in [-0.4, -0.2) is 26.1 Å². The van der Waals surface area contributed by atoms with E-state index in [4.69, 9.17) is 25.8 Å². The van der Waals surface area contributed by atoms with E-state index in [-0.39, 0.29) is 24.2 Å². The number of esters is 1. The van der Waals surface area contributed by atoms with Crippen LogP contribution < -0.4 is 9.47 Å². The zero-order valence-corrected chi connectivity index (χ0v) is 23.9. The van der Waals surface area contributed by atoms with E-state index in [0.29, 0.717) is 28.0 Å². The molecule has 9 heteroatoms. The first-order valence-corrected chi connectivity index (χ1v) is 13.5. The Balaban J connectivity index is 1.44. The highest BCUT2D eigenvalue weighted by Gasteiger charge is 2.61. The summed E-state index contributed by atoms with van der Waals surface area (Å²) in [6.45, 7) is 3.80. The van der Waals surface area contributed by atoms with E-state index in [0.717, 1.165) is 6.07 Å². The third-order valence-corrected chi connectivity index (χ3v) is 8.04. The fraction of sp³-hybridized carbons (Fsp3) is 0.344. The second kappa shape index (κ2) is 11.8. The number of hydrogen-bond donors (Lipinski definition) is 0. The minimum Gasteiger partial charge on any atom is -0.497 e. The van der Waals surface area contributed by atoms with Gasteiger partial charge in [0, 0.05) is 0 Å². The van der Waals surface area contributed by atoms with Crippen LogP contribution in [0.15, 0.2) is 72.8 Å². The van der Waals surface area contributed by atoms with Crippen molar-refractivity contribution < 1.29 is 36.6 Å². The van der Waals surface area contributed by atoms with E-state index in [1.807, 2.05) is 13.8 Å². The lowest BCUT2D eigenvalue weighted by molar-refractivity contribution is -0.147. The molecule has 4 nitrogen and oxygen atoms in total. The summed E-state index contributed by atoms with van der Waals surface area (Å²) in [5.74, 6) is -1.09. The molecule has 0 saturated heterocycles. The lowest BCUT2D eigenvalue weighted by Gasteiger charge is -2.25. The summed E-state index contributed by atoms with van der Waals surface area (Å²) in [4.78, 5) is 13.0. The van der Waals surface area contributed by atoms with Crippen molar-refractivity contribution in [1.82, 2.24) is 0 Å². The summed E-state index contributed by atoms with van der Waals surface area (Å²) in [6, 6.07) is 17.0. The number of alkyl halides is 5. The molecule has 0 N–H and O–H groups in total. The summed E-state index contributed by atoms with van der Waals surface area (Å²) in [5.41, 5.74) is -1.43. The monoisotopic (exact) mass is 590 g/mol. The molecule has 218 valence electrons. The molecule has 3 unspecified atom stereocenters. The molecule has 1 aliphatic carbocycles. The summed E-state index contributed by atoms with van der Waals surface area (Å²) >= 11 is 6.10. The first kappa shape index (κ1) is 30.4. The smallest absolute Gasteiger partial charge is 0.419 e. The highest BCUT2D eigenvalue weighted by Crippen LogP contribution is 2.59. The van der Waals surface area contributed by atoms with Gasteiger partial charge in [0.1, 0.15) is 18.1 Å². The normalized spacial score (nSPS) is 19.4. The van der Waals surface area contributed by atoms with Crippen LogP contribution in [0.3, 0.4) is 0 Å². The number of benzene rings is 3. The fourth-order valence-corrected chi connectivity index (χ4v) is 5.40. The Morgan fingerprint density at radius 2 is 1.63 bits per heavy atom. The van der Waals surface area contributed by atoms with Crippen LogP contribution in [0.5, 0.6) is 11.5 Å². The van der Waals surface area contributed by atoms with Gasteiger partial charge in [0.15, 0.2) is 5.67 Å². The molecular formula is C32H31ClF4O4. The summed E-state index contributed by atoms with van der Waals surface area (Å²) in [7, 11) is 2.69. The Morgan fingerprint density at radius 3 is 2.27 bits per heavy atom. The van der Waals surface area contributed by atoms with Crippen molar-refractivity contribution in [2.45, 2.75) is 32.3 Å². The summed E-state index contributed by atoms with van der Waals surface area (Å²) in [5, 5.41) is 0. The van der Waals surface area contributed by atoms with Crippen molar-refractivity contribution in [1.29, 1.82) is 0 Å². The molecular weight excluding hydrogens is 560 g/mol. The van der Waals surface area contributed by atoms with Crippen LogP contribution in [0, 0.1) is 17.3 Å². The maximum absolute atomic E-state index is 16.2. The van der Waals surface area contributed by atoms with Crippen LogP contribution >= 0.6 is 11.6 Å². The predicted molar refractivity (Wildman–Crippen MR) is 150 cm³/mol. The lowest BCUT2D eigenvalue weighted by atomic mass is 9.88. The van der Waals surface area contributed by atoms with Crippen LogP contribution in [0.2, 0.25) is 0 Å². The van der Waals surface area contributed by atoms with Crippen LogP contribution in [0.1, 0.15) is 41.7 Å². The molecule has 3 atom stereocenters. The molecule has 0 spiro atoms. The first-order chi connectivity index (χ1) is 19.3. The maximum atomic E-state index is 16.2. The third kappa shape index (κ3) is 6.38. The largest absolute Gasteiger partial charge is 0.497 e. The highest BCUT2D eigenvalue weighted by atomic mass is 35.5. The molecule has 41 heavy (non-hydrogen) atoms. The Kier molecular flexibility index (Phi) is 8.73. The topological polar surface area (TPSA) is 44.8 Å². The maximum Gasteiger partial charge on any atom is 0.419 e. The molecule has 1 saturated carbocycles. The quantitative estimate of drug-likeness (QED) is 0.136. The molecule has 1 fully saturated rings. The van der Waals surface area contributed by atoms with Gasteiger partial charge in [-0.2, -0.15) is 13.2 Å². The third-order valence-electron chi connectivity index (χ3n) is 7.67. The minimum absolute atomic E-state index is 0.0533. The van der Waals surface area contributed by atoms with Gasteiger partial charge < -0.3 is 14.2 Å². The van der Waals surface area contributed by atoms with Gasteiger partial charge in [0.05, 0.1) is 31.6 Å². The van der Waals surface area contributed by atoms with Crippen molar-refractivity contribution in [3.8, 4) is 11.5 Å². The Labute approximate surface area is 241 Å². The summed E-state index contributed by atoms with van der Waals surface area (Å²) in [6.07, 6.45) is -1.04. The lowest BCUT2D eigenvalue weighted by Crippen LogP contribution is -2.24. The van der Waals surface area contributed by atoms with Crippen molar-refractivity contribution >= 4 is 23.6 Å².